The monoisotopic (exact) mass is 296 g/mol. The largest absolute Gasteiger partial charge is 0.447 e. The third-order valence-corrected chi connectivity index (χ3v) is 3.89. The second-order valence-electron chi connectivity index (χ2n) is 5.33. The van der Waals surface area contributed by atoms with Gasteiger partial charge in [0.05, 0.1) is 12.6 Å². The predicted octanol–water partition coefficient (Wildman–Crippen LogP) is 4.21. The average Bonchev–Trinajstić information content (AvgIpc) is 3.00. The zero-order chi connectivity index (χ0) is 15.4. The quantitative estimate of drug-likeness (QED) is 0.898. The minimum Gasteiger partial charge on any atom is -0.447 e. The van der Waals surface area contributed by atoms with Gasteiger partial charge in [0.1, 0.15) is 6.61 Å². The van der Waals surface area contributed by atoms with Crippen molar-refractivity contribution in [3.63, 3.8) is 0 Å². The van der Waals surface area contributed by atoms with E-state index in [0.29, 0.717) is 13.2 Å². The van der Waals surface area contributed by atoms with Crippen molar-refractivity contribution < 1.29 is 9.53 Å². The first kappa shape index (κ1) is 14.4. The zero-order valence-corrected chi connectivity index (χ0v) is 12.7. The highest BCUT2D eigenvalue weighted by molar-refractivity contribution is 5.89. The Morgan fingerprint density at radius 3 is 2.45 bits per heavy atom. The summed E-state index contributed by atoms with van der Waals surface area (Å²) >= 11 is 0. The molecular weight excluding hydrogens is 276 g/mol. The van der Waals surface area contributed by atoms with E-state index in [1.165, 1.54) is 5.56 Å². The first-order valence-electron chi connectivity index (χ1n) is 7.64. The fourth-order valence-corrected chi connectivity index (χ4v) is 2.67. The summed E-state index contributed by atoms with van der Waals surface area (Å²) in [7, 11) is 0. The van der Waals surface area contributed by atoms with Gasteiger partial charge in [0.25, 0.3) is 0 Å². The molecule has 0 saturated carbocycles. The van der Waals surface area contributed by atoms with Gasteiger partial charge in [0, 0.05) is 11.4 Å². The number of cyclic esters (lactones) is 1. The molecule has 1 atom stereocenters. The molecule has 1 fully saturated rings. The minimum absolute atomic E-state index is 0.267. The van der Waals surface area contributed by atoms with Crippen LogP contribution in [0.2, 0.25) is 0 Å². The summed E-state index contributed by atoms with van der Waals surface area (Å²) in [6.45, 7) is 3.25. The van der Waals surface area contributed by atoms with Crippen molar-refractivity contribution in [2.24, 2.45) is 0 Å². The van der Waals surface area contributed by atoms with Crippen molar-refractivity contribution in [3.8, 4) is 0 Å². The van der Waals surface area contributed by atoms with Crippen molar-refractivity contribution in [3.05, 3.63) is 60.2 Å². The van der Waals surface area contributed by atoms with E-state index in [-0.39, 0.29) is 12.1 Å². The van der Waals surface area contributed by atoms with Crippen molar-refractivity contribution >= 4 is 17.5 Å². The third-order valence-electron chi connectivity index (χ3n) is 3.89. The maximum atomic E-state index is 11.6. The standard InChI is InChI=1S/C18H20N2O2/c1-2-17(14-6-4-3-5-7-14)19-15-8-10-16(11-9-15)20-12-13-22-18(20)21/h3-11,17,19H,2,12-13H2,1H3/t17-/m0/s1. The lowest BCUT2D eigenvalue weighted by Gasteiger charge is -2.20. The summed E-state index contributed by atoms with van der Waals surface area (Å²) in [5, 5.41) is 3.54. The number of amides is 1. The summed E-state index contributed by atoms with van der Waals surface area (Å²) < 4.78 is 4.96. The molecule has 1 aliphatic rings. The van der Waals surface area contributed by atoms with Gasteiger partial charge in [-0.3, -0.25) is 4.90 Å². The van der Waals surface area contributed by atoms with Crippen LogP contribution in [0.25, 0.3) is 0 Å². The summed E-state index contributed by atoms with van der Waals surface area (Å²) in [4.78, 5) is 13.2. The molecule has 0 aromatic heterocycles. The average molecular weight is 296 g/mol. The molecule has 1 aliphatic heterocycles. The van der Waals surface area contributed by atoms with Gasteiger partial charge in [-0.15, -0.1) is 0 Å². The van der Waals surface area contributed by atoms with E-state index in [9.17, 15) is 4.79 Å². The Bertz CT molecular complexity index is 625. The van der Waals surface area contributed by atoms with E-state index in [0.717, 1.165) is 17.8 Å². The first-order valence-corrected chi connectivity index (χ1v) is 7.64. The predicted molar refractivity (Wildman–Crippen MR) is 88.2 cm³/mol. The Morgan fingerprint density at radius 2 is 1.86 bits per heavy atom. The Hall–Kier alpha value is -2.49. The SMILES string of the molecule is CC[C@H](Nc1ccc(N2CCOC2=O)cc1)c1ccccc1. The van der Waals surface area contributed by atoms with Crippen molar-refractivity contribution in [2.75, 3.05) is 23.4 Å². The van der Waals surface area contributed by atoms with Crippen LogP contribution < -0.4 is 10.2 Å². The van der Waals surface area contributed by atoms with E-state index in [2.05, 4.69) is 36.5 Å². The first-order chi connectivity index (χ1) is 10.8. The summed E-state index contributed by atoms with van der Waals surface area (Å²) in [6, 6.07) is 18.6. The fourth-order valence-electron chi connectivity index (χ4n) is 2.67. The van der Waals surface area contributed by atoms with Crippen LogP contribution in [0.3, 0.4) is 0 Å². The molecule has 1 saturated heterocycles. The molecule has 0 spiro atoms. The van der Waals surface area contributed by atoms with Gasteiger partial charge in [0.15, 0.2) is 0 Å². The van der Waals surface area contributed by atoms with Crippen LogP contribution in [0.1, 0.15) is 24.9 Å². The zero-order valence-electron chi connectivity index (χ0n) is 12.7. The number of benzene rings is 2. The lowest BCUT2D eigenvalue weighted by molar-refractivity contribution is 0.181. The fraction of sp³-hybridized carbons (Fsp3) is 0.278. The number of nitrogens with one attached hydrogen (secondary N) is 1. The van der Waals surface area contributed by atoms with Gasteiger partial charge in [-0.2, -0.15) is 0 Å². The molecule has 2 aromatic rings. The number of carbonyl (C=O) groups is 1. The van der Waals surface area contributed by atoms with E-state index < -0.39 is 0 Å². The van der Waals surface area contributed by atoms with Crippen LogP contribution in [0.4, 0.5) is 16.2 Å². The van der Waals surface area contributed by atoms with Gasteiger partial charge in [-0.25, -0.2) is 4.79 Å². The minimum atomic E-state index is -0.267. The van der Waals surface area contributed by atoms with Crippen LogP contribution >= 0.6 is 0 Å². The second-order valence-corrected chi connectivity index (χ2v) is 5.33. The van der Waals surface area contributed by atoms with E-state index in [4.69, 9.17) is 4.74 Å². The van der Waals surface area contributed by atoms with E-state index in [1.54, 1.807) is 4.90 Å². The summed E-state index contributed by atoms with van der Waals surface area (Å²) in [5.41, 5.74) is 3.20. The summed E-state index contributed by atoms with van der Waals surface area (Å²) in [5.74, 6) is 0. The highest BCUT2D eigenvalue weighted by Gasteiger charge is 2.23. The second kappa shape index (κ2) is 6.52. The molecule has 1 N–H and O–H groups in total. The van der Waals surface area contributed by atoms with Gasteiger partial charge < -0.3 is 10.1 Å². The number of rotatable bonds is 5. The number of hydrogen-bond acceptors (Lipinski definition) is 3. The number of nitrogens with zero attached hydrogens (tertiary/aromatic N) is 1. The molecule has 22 heavy (non-hydrogen) atoms. The van der Waals surface area contributed by atoms with Crippen LogP contribution in [-0.2, 0) is 4.74 Å². The van der Waals surface area contributed by atoms with Gasteiger partial charge in [-0.05, 0) is 36.2 Å². The molecular formula is C18H20N2O2. The topological polar surface area (TPSA) is 41.6 Å². The summed E-state index contributed by atoms with van der Waals surface area (Å²) in [6.07, 6.45) is 0.737. The Morgan fingerprint density at radius 1 is 1.14 bits per heavy atom. The number of hydrogen-bond donors (Lipinski definition) is 1. The van der Waals surface area contributed by atoms with Crippen molar-refractivity contribution in [1.29, 1.82) is 0 Å². The lowest BCUT2D eigenvalue weighted by atomic mass is 10.0. The van der Waals surface area contributed by atoms with E-state index >= 15 is 0 Å². The smallest absolute Gasteiger partial charge is 0.414 e. The molecule has 4 nitrogen and oxygen atoms in total. The highest BCUT2D eigenvalue weighted by atomic mass is 16.6. The molecule has 0 aliphatic carbocycles. The van der Waals surface area contributed by atoms with Gasteiger partial charge in [-0.1, -0.05) is 37.3 Å². The molecule has 0 bridgehead atoms. The van der Waals surface area contributed by atoms with Crippen LogP contribution in [-0.4, -0.2) is 19.2 Å². The van der Waals surface area contributed by atoms with Crippen molar-refractivity contribution in [2.45, 2.75) is 19.4 Å². The molecule has 0 radical (unpaired) electrons. The number of ether oxygens (including phenoxy) is 1. The van der Waals surface area contributed by atoms with Crippen molar-refractivity contribution in [1.82, 2.24) is 0 Å². The molecule has 114 valence electrons. The lowest BCUT2D eigenvalue weighted by Crippen LogP contribution is -2.23. The third kappa shape index (κ3) is 3.06. The molecule has 0 unspecified atom stereocenters. The Labute approximate surface area is 130 Å². The Kier molecular flexibility index (Phi) is 4.28. The Balaban J connectivity index is 1.71. The van der Waals surface area contributed by atoms with Gasteiger partial charge in [0.2, 0.25) is 0 Å². The molecule has 4 heteroatoms. The highest BCUT2D eigenvalue weighted by Crippen LogP contribution is 2.25. The van der Waals surface area contributed by atoms with Crippen LogP contribution in [0.5, 0.6) is 0 Å². The van der Waals surface area contributed by atoms with Gasteiger partial charge >= 0.3 is 6.09 Å². The molecule has 2 aromatic carbocycles. The molecule has 1 amide bonds. The molecule has 3 rings (SSSR count). The van der Waals surface area contributed by atoms with Crippen LogP contribution in [0.15, 0.2) is 54.6 Å². The van der Waals surface area contributed by atoms with Crippen LogP contribution in [0, 0.1) is 0 Å². The number of anilines is 2. The molecule has 1 heterocycles. The van der Waals surface area contributed by atoms with E-state index in [1.807, 2.05) is 30.3 Å². The maximum absolute atomic E-state index is 11.6. The maximum Gasteiger partial charge on any atom is 0.414 e. The number of carbonyl (C=O) groups excluding carboxylic acids is 1. The normalized spacial score (nSPS) is 15.5.